The topological polar surface area (TPSA) is 81.5 Å². The minimum absolute atomic E-state index is 0.0382. The van der Waals surface area contributed by atoms with Crippen molar-refractivity contribution in [2.24, 2.45) is 11.8 Å². The molecule has 0 saturated heterocycles. The summed E-state index contributed by atoms with van der Waals surface area (Å²) in [6.45, 7) is 0.568. The summed E-state index contributed by atoms with van der Waals surface area (Å²) in [7, 11) is 1.54. The number of carboxylic acid groups (broad SMARTS) is 1. The SMILES string of the molecule is COc1cc([C@H]2CC[C@H](COc3cccc([C@@H](CC(=O)O)C4CC4)n3)CC2)c(F)cn1. The van der Waals surface area contributed by atoms with Crippen molar-refractivity contribution in [1.29, 1.82) is 0 Å². The van der Waals surface area contributed by atoms with E-state index in [1.807, 2.05) is 18.2 Å². The van der Waals surface area contributed by atoms with Gasteiger partial charge in [-0.1, -0.05) is 6.07 Å². The fourth-order valence-electron chi connectivity index (χ4n) is 4.62. The highest BCUT2D eigenvalue weighted by Crippen LogP contribution is 2.44. The van der Waals surface area contributed by atoms with E-state index in [4.69, 9.17) is 9.47 Å². The molecule has 0 unspecified atom stereocenters. The van der Waals surface area contributed by atoms with Gasteiger partial charge in [-0.05, 0) is 67.9 Å². The Morgan fingerprint density at radius 2 is 1.97 bits per heavy atom. The molecule has 31 heavy (non-hydrogen) atoms. The first-order valence-corrected chi connectivity index (χ1v) is 11.0. The van der Waals surface area contributed by atoms with Gasteiger partial charge in [0.15, 0.2) is 0 Å². The Morgan fingerprint density at radius 1 is 1.19 bits per heavy atom. The molecule has 2 aliphatic carbocycles. The number of carbonyl (C=O) groups is 1. The normalized spacial score (nSPS) is 22.0. The minimum Gasteiger partial charge on any atom is -0.481 e. The first-order valence-electron chi connectivity index (χ1n) is 11.0. The monoisotopic (exact) mass is 428 g/mol. The van der Waals surface area contributed by atoms with E-state index < -0.39 is 5.97 Å². The number of methoxy groups -OCH3 is 1. The Hall–Kier alpha value is -2.70. The average molecular weight is 429 g/mol. The molecule has 4 rings (SSSR count). The molecule has 0 aromatic carbocycles. The van der Waals surface area contributed by atoms with Crippen LogP contribution in [0.1, 0.15) is 68.0 Å². The summed E-state index contributed by atoms with van der Waals surface area (Å²) in [6.07, 6.45) is 7.19. The lowest BCUT2D eigenvalue weighted by Crippen LogP contribution is -2.20. The van der Waals surface area contributed by atoms with Gasteiger partial charge in [0, 0.05) is 23.7 Å². The maximum absolute atomic E-state index is 14.2. The number of hydrogen-bond donors (Lipinski definition) is 1. The smallest absolute Gasteiger partial charge is 0.304 e. The van der Waals surface area contributed by atoms with Crippen LogP contribution in [0.25, 0.3) is 0 Å². The number of nitrogens with zero attached hydrogens (tertiary/aromatic N) is 2. The third-order valence-electron chi connectivity index (χ3n) is 6.53. The Kier molecular flexibility index (Phi) is 6.68. The van der Waals surface area contributed by atoms with Crippen LogP contribution >= 0.6 is 0 Å². The van der Waals surface area contributed by atoms with Crippen LogP contribution in [0.2, 0.25) is 0 Å². The molecule has 2 aromatic heterocycles. The van der Waals surface area contributed by atoms with Crippen LogP contribution in [-0.4, -0.2) is 34.8 Å². The van der Waals surface area contributed by atoms with Gasteiger partial charge in [0.1, 0.15) is 5.82 Å². The largest absolute Gasteiger partial charge is 0.481 e. The molecule has 7 heteroatoms. The second-order valence-corrected chi connectivity index (χ2v) is 8.72. The van der Waals surface area contributed by atoms with E-state index in [1.54, 1.807) is 6.07 Å². The molecule has 2 fully saturated rings. The number of ether oxygens (including phenoxy) is 2. The van der Waals surface area contributed by atoms with E-state index in [2.05, 4.69) is 9.97 Å². The lowest BCUT2D eigenvalue weighted by atomic mass is 9.79. The van der Waals surface area contributed by atoms with Gasteiger partial charge in [-0.15, -0.1) is 0 Å². The molecule has 2 aromatic rings. The average Bonchev–Trinajstić information content (AvgIpc) is 3.62. The zero-order valence-corrected chi connectivity index (χ0v) is 17.8. The number of halogens is 1. The maximum Gasteiger partial charge on any atom is 0.304 e. The summed E-state index contributed by atoms with van der Waals surface area (Å²) in [6, 6.07) is 7.34. The van der Waals surface area contributed by atoms with Crippen LogP contribution < -0.4 is 9.47 Å². The van der Waals surface area contributed by atoms with Crippen molar-refractivity contribution in [1.82, 2.24) is 9.97 Å². The van der Waals surface area contributed by atoms with Gasteiger partial charge >= 0.3 is 5.97 Å². The van der Waals surface area contributed by atoms with E-state index in [-0.39, 0.29) is 24.1 Å². The molecule has 1 N–H and O–H groups in total. The highest BCUT2D eigenvalue weighted by atomic mass is 19.1. The number of aromatic nitrogens is 2. The van der Waals surface area contributed by atoms with Gasteiger partial charge in [-0.2, -0.15) is 0 Å². The van der Waals surface area contributed by atoms with E-state index in [1.165, 1.54) is 13.3 Å². The zero-order valence-electron chi connectivity index (χ0n) is 17.8. The van der Waals surface area contributed by atoms with Gasteiger partial charge in [-0.25, -0.2) is 14.4 Å². The summed E-state index contributed by atoms with van der Waals surface area (Å²) in [5.74, 6) is 0.890. The molecule has 2 saturated carbocycles. The van der Waals surface area contributed by atoms with Crippen molar-refractivity contribution >= 4 is 5.97 Å². The van der Waals surface area contributed by atoms with E-state index in [9.17, 15) is 14.3 Å². The molecule has 1 atom stereocenters. The second-order valence-electron chi connectivity index (χ2n) is 8.72. The predicted octanol–water partition coefficient (Wildman–Crippen LogP) is 4.95. The molecule has 2 heterocycles. The van der Waals surface area contributed by atoms with Gasteiger partial charge < -0.3 is 14.6 Å². The van der Waals surface area contributed by atoms with Crippen molar-refractivity contribution < 1.29 is 23.8 Å². The van der Waals surface area contributed by atoms with E-state index >= 15 is 0 Å². The van der Waals surface area contributed by atoms with Crippen LogP contribution in [0, 0.1) is 17.7 Å². The van der Waals surface area contributed by atoms with Crippen molar-refractivity contribution in [3.05, 3.63) is 47.5 Å². The molecule has 6 nitrogen and oxygen atoms in total. The maximum atomic E-state index is 14.2. The molecule has 0 bridgehead atoms. The summed E-state index contributed by atoms with van der Waals surface area (Å²) >= 11 is 0. The second kappa shape index (κ2) is 9.62. The van der Waals surface area contributed by atoms with E-state index in [0.717, 1.165) is 44.2 Å². The highest BCUT2D eigenvalue weighted by molar-refractivity contribution is 5.68. The number of carboxylic acids is 1. The molecular formula is C24H29FN2O4. The van der Waals surface area contributed by atoms with E-state index in [0.29, 0.717) is 35.8 Å². The number of pyridine rings is 2. The van der Waals surface area contributed by atoms with Crippen LogP contribution in [0.4, 0.5) is 4.39 Å². The fraction of sp³-hybridized carbons (Fsp3) is 0.542. The highest BCUT2D eigenvalue weighted by Gasteiger charge is 2.35. The molecule has 0 radical (unpaired) electrons. The molecule has 2 aliphatic rings. The van der Waals surface area contributed by atoms with Crippen LogP contribution in [0.15, 0.2) is 30.5 Å². The van der Waals surface area contributed by atoms with Crippen molar-refractivity contribution in [3.63, 3.8) is 0 Å². The summed E-state index contributed by atoms with van der Waals surface area (Å²) in [4.78, 5) is 19.8. The van der Waals surface area contributed by atoms with Crippen molar-refractivity contribution in [2.45, 2.75) is 56.8 Å². The molecule has 0 amide bonds. The number of rotatable bonds is 9. The summed E-state index contributed by atoms with van der Waals surface area (Å²) in [5.41, 5.74) is 1.50. The van der Waals surface area contributed by atoms with Gasteiger partial charge in [0.2, 0.25) is 11.8 Å². The molecule has 0 spiro atoms. The van der Waals surface area contributed by atoms with Crippen LogP contribution in [-0.2, 0) is 4.79 Å². The van der Waals surface area contributed by atoms with Crippen molar-refractivity contribution in [3.8, 4) is 11.8 Å². The zero-order chi connectivity index (χ0) is 21.8. The van der Waals surface area contributed by atoms with Gasteiger partial charge in [0.25, 0.3) is 0 Å². The standard InChI is InChI=1S/C24H29FN2O4/c1-30-23-11-18(20(25)13-26-23)16-7-5-15(6-8-16)14-31-22-4-2-3-21(27-22)19(12-24(28)29)17-9-10-17/h2-4,11,13,15-17,19H,5-10,12,14H2,1H3,(H,28,29)/t15-,16-,19-/m0/s1. The molecular weight excluding hydrogens is 399 g/mol. The number of aliphatic carboxylic acids is 1. The first kappa shape index (κ1) is 21.5. The third-order valence-corrected chi connectivity index (χ3v) is 6.53. The predicted molar refractivity (Wildman–Crippen MR) is 113 cm³/mol. The molecule has 0 aliphatic heterocycles. The van der Waals surface area contributed by atoms with Crippen LogP contribution in [0.5, 0.6) is 11.8 Å². The molecule has 166 valence electrons. The fourth-order valence-corrected chi connectivity index (χ4v) is 4.62. The minimum atomic E-state index is -0.787. The van der Waals surface area contributed by atoms with Crippen LogP contribution in [0.3, 0.4) is 0 Å². The lowest BCUT2D eigenvalue weighted by Gasteiger charge is -2.29. The summed E-state index contributed by atoms with van der Waals surface area (Å²) < 4.78 is 25.3. The Morgan fingerprint density at radius 3 is 2.65 bits per heavy atom. The number of hydrogen-bond acceptors (Lipinski definition) is 5. The van der Waals surface area contributed by atoms with Gasteiger partial charge in [-0.3, -0.25) is 4.79 Å². The third kappa shape index (κ3) is 5.51. The Balaban J connectivity index is 1.31. The first-order chi connectivity index (χ1) is 15.0. The Labute approximate surface area is 181 Å². The quantitative estimate of drug-likeness (QED) is 0.609. The lowest BCUT2D eigenvalue weighted by molar-refractivity contribution is -0.137. The summed E-state index contributed by atoms with van der Waals surface area (Å²) in [5, 5.41) is 9.22. The van der Waals surface area contributed by atoms with Gasteiger partial charge in [0.05, 0.1) is 26.3 Å². The Bertz CT molecular complexity index is 910. The van der Waals surface area contributed by atoms with Crippen molar-refractivity contribution in [2.75, 3.05) is 13.7 Å².